The number of benzene rings is 1. The van der Waals surface area contributed by atoms with Gasteiger partial charge in [-0.3, -0.25) is 25.0 Å². The number of non-ortho nitro benzene ring substituents is 1. The van der Waals surface area contributed by atoms with Crippen molar-refractivity contribution in [1.82, 2.24) is 4.90 Å². The number of hydrogen-bond donors (Lipinski definition) is 0. The molecule has 26 heavy (non-hydrogen) atoms. The maximum absolute atomic E-state index is 12.5. The number of nitro groups is 2. The van der Waals surface area contributed by atoms with Crippen molar-refractivity contribution in [3.05, 3.63) is 60.8 Å². The lowest BCUT2D eigenvalue weighted by molar-refractivity contribution is -0.393. The van der Waals surface area contributed by atoms with E-state index in [4.69, 9.17) is 0 Å². The fourth-order valence-electron chi connectivity index (χ4n) is 2.97. The zero-order valence-corrected chi connectivity index (χ0v) is 14.6. The second-order valence-corrected chi connectivity index (χ2v) is 6.61. The number of hydrogen-bond acceptors (Lipinski definition) is 7. The maximum Gasteiger partial charge on any atom is 0.299 e. The van der Waals surface area contributed by atoms with E-state index in [2.05, 4.69) is 0 Å². The van der Waals surface area contributed by atoms with Gasteiger partial charge in [-0.1, -0.05) is 0 Å². The first-order valence-electron chi connectivity index (χ1n) is 7.96. The Morgan fingerprint density at radius 3 is 2.50 bits per heavy atom. The molecule has 0 radical (unpaired) electrons. The van der Waals surface area contributed by atoms with Gasteiger partial charge in [0.05, 0.1) is 21.5 Å². The summed E-state index contributed by atoms with van der Waals surface area (Å²) < 4.78 is 0. The molecule has 136 valence electrons. The van der Waals surface area contributed by atoms with Crippen LogP contribution in [0.15, 0.2) is 35.0 Å². The second kappa shape index (κ2) is 7.48. The summed E-state index contributed by atoms with van der Waals surface area (Å²) in [4.78, 5) is 37.0. The van der Waals surface area contributed by atoms with Crippen molar-refractivity contribution in [2.45, 2.75) is 6.42 Å². The fraction of sp³-hybridized carbons (Fsp3) is 0.312. The summed E-state index contributed by atoms with van der Waals surface area (Å²) in [6.07, 6.45) is 0.657. The maximum atomic E-state index is 12.5. The molecular formula is C16H16N4O5S. The average molecular weight is 376 g/mol. The molecule has 9 nitrogen and oxygen atoms in total. The van der Waals surface area contributed by atoms with Crippen LogP contribution in [0.4, 0.5) is 17.1 Å². The van der Waals surface area contributed by atoms with Crippen LogP contribution >= 0.6 is 11.3 Å². The standard InChI is InChI=1S/C16H16N4O5S/c21-16(12-4-9-26-11-12)18-6-1-5-17(7-8-18)14-3-2-13(19(22)23)10-15(14)20(24)25/h2-4,9-11H,1,5-8H2. The zero-order chi connectivity index (χ0) is 18.7. The fourth-order valence-corrected chi connectivity index (χ4v) is 3.60. The lowest BCUT2D eigenvalue weighted by atomic mass is 10.2. The van der Waals surface area contributed by atoms with E-state index >= 15 is 0 Å². The highest BCUT2D eigenvalue weighted by Crippen LogP contribution is 2.32. The summed E-state index contributed by atoms with van der Waals surface area (Å²) in [6, 6.07) is 5.43. The lowest BCUT2D eigenvalue weighted by Gasteiger charge is -2.23. The Morgan fingerprint density at radius 2 is 1.85 bits per heavy atom. The Bertz CT molecular complexity index is 839. The van der Waals surface area contributed by atoms with Crippen molar-refractivity contribution in [2.75, 3.05) is 31.1 Å². The molecule has 1 aromatic carbocycles. The van der Waals surface area contributed by atoms with Crippen LogP contribution in [0.1, 0.15) is 16.8 Å². The predicted molar refractivity (Wildman–Crippen MR) is 96.8 cm³/mol. The minimum atomic E-state index is -0.652. The van der Waals surface area contributed by atoms with Crippen LogP contribution in [-0.2, 0) is 0 Å². The smallest absolute Gasteiger partial charge is 0.299 e. The van der Waals surface area contributed by atoms with Gasteiger partial charge in [0, 0.05) is 37.6 Å². The highest BCUT2D eigenvalue weighted by atomic mass is 32.1. The van der Waals surface area contributed by atoms with Crippen molar-refractivity contribution in [2.24, 2.45) is 0 Å². The van der Waals surface area contributed by atoms with E-state index in [9.17, 15) is 25.0 Å². The highest BCUT2D eigenvalue weighted by molar-refractivity contribution is 7.08. The minimum Gasteiger partial charge on any atom is -0.364 e. The minimum absolute atomic E-state index is 0.0497. The van der Waals surface area contributed by atoms with Gasteiger partial charge in [0.25, 0.3) is 17.3 Å². The summed E-state index contributed by atoms with van der Waals surface area (Å²) in [7, 11) is 0. The van der Waals surface area contributed by atoms with E-state index in [1.54, 1.807) is 16.3 Å². The number of nitrogens with zero attached hydrogens (tertiary/aromatic N) is 4. The van der Waals surface area contributed by atoms with Crippen LogP contribution in [0, 0.1) is 20.2 Å². The first kappa shape index (κ1) is 17.8. The Morgan fingerprint density at radius 1 is 1.04 bits per heavy atom. The van der Waals surface area contributed by atoms with E-state index in [-0.39, 0.29) is 17.3 Å². The summed E-state index contributed by atoms with van der Waals surface area (Å²) >= 11 is 1.46. The third kappa shape index (κ3) is 3.64. The Kier molecular flexibility index (Phi) is 5.12. The third-order valence-electron chi connectivity index (χ3n) is 4.26. The quantitative estimate of drug-likeness (QED) is 0.599. The van der Waals surface area contributed by atoms with Crippen molar-refractivity contribution >= 4 is 34.3 Å². The normalized spacial score (nSPS) is 14.8. The molecule has 0 unspecified atom stereocenters. The molecule has 1 saturated heterocycles. The monoisotopic (exact) mass is 376 g/mol. The molecule has 0 saturated carbocycles. The summed E-state index contributed by atoms with van der Waals surface area (Å²) in [5.74, 6) is -0.0497. The van der Waals surface area contributed by atoms with Gasteiger partial charge in [-0.25, -0.2) is 0 Å². The van der Waals surface area contributed by atoms with E-state index < -0.39 is 9.85 Å². The number of rotatable bonds is 4. The number of thiophene rings is 1. The molecule has 0 spiro atoms. The summed E-state index contributed by atoms with van der Waals surface area (Å²) in [6.45, 7) is 1.95. The molecule has 0 aliphatic carbocycles. The predicted octanol–water partition coefficient (Wildman–Crippen LogP) is 2.92. The summed E-state index contributed by atoms with van der Waals surface area (Å²) in [5, 5.41) is 25.9. The molecule has 1 aromatic heterocycles. The second-order valence-electron chi connectivity index (χ2n) is 5.83. The molecule has 1 fully saturated rings. The first-order valence-corrected chi connectivity index (χ1v) is 8.91. The van der Waals surface area contributed by atoms with E-state index in [1.807, 2.05) is 10.3 Å². The van der Waals surface area contributed by atoms with Gasteiger partial charge in [0.15, 0.2) is 0 Å². The van der Waals surface area contributed by atoms with Gasteiger partial charge in [-0.05, 0) is 23.9 Å². The number of nitro benzene ring substituents is 2. The number of anilines is 1. The molecule has 1 amide bonds. The number of carbonyl (C=O) groups excluding carboxylic acids is 1. The van der Waals surface area contributed by atoms with Crippen LogP contribution < -0.4 is 4.90 Å². The molecule has 1 aliphatic rings. The van der Waals surface area contributed by atoms with Crippen molar-refractivity contribution in [3.63, 3.8) is 0 Å². The molecule has 10 heteroatoms. The van der Waals surface area contributed by atoms with Gasteiger partial charge in [0.2, 0.25) is 0 Å². The van der Waals surface area contributed by atoms with Crippen LogP contribution in [0.3, 0.4) is 0 Å². The van der Waals surface area contributed by atoms with E-state index in [0.717, 1.165) is 6.07 Å². The molecule has 1 aliphatic heterocycles. The van der Waals surface area contributed by atoms with Crippen molar-refractivity contribution in [3.8, 4) is 0 Å². The van der Waals surface area contributed by atoms with E-state index in [0.29, 0.717) is 43.9 Å². The SMILES string of the molecule is O=C(c1ccsc1)N1CCCN(c2ccc([N+](=O)[O-])cc2[N+](=O)[O-])CC1. The lowest BCUT2D eigenvalue weighted by Crippen LogP contribution is -2.35. The molecule has 0 bridgehead atoms. The largest absolute Gasteiger partial charge is 0.364 e. The molecule has 2 heterocycles. The molecular weight excluding hydrogens is 360 g/mol. The molecule has 0 N–H and O–H groups in total. The molecule has 0 atom stereocenters. The Hall–Kier alpha value is -3.01. The van der Waals surface area contributed by atoms with Crippen molar-refractivity contribution < 1.29 is 14.6 Å². The zero-order valence-electron chi connectivity index (χ0n) is 13.7. The molecule has 2 aromatic rings. The van der Waals surface area contributed by atoms with E-state index in [1.165, 1.54) is 23.5 Å². The Labute approximate surface area is 152 Å². The average Bonchev–Trinajstić information content (AvgIpc) is 3.05. The third-order valence-corrected chi connectivity index (χ3v) is 4.94. The van der Waals surface area contributed by atoms with Gasteiger partial charge >= 0.3 is 0 Å². The number of amides is 1. The molecule has 3 rings (SSSR count). The van der Waals surface area contributed by atoms with Gasteiger partial charge in [0.1, 0.15) is 5.69 Å². The first-order chi connectivity index (χ1) is 12.5. The van der Waals surface area contributed by atoms with Gasteiger partial charge < -0.3 is 9.80 Å². The summed E-state index contributed by atoms with van der Waals surface area (Å²) in [5.41, 5.74) is 0.372. The van der Waals surface area contributed by atoms with Crippen LogP contribution in [0.2, 0.25) is 0 Å². The van der Waals surface area contributed by atoms with Gasteiger partial charge in [-0.2, -0.15) is 11.3 Å². The highest BCUT2D eigenvalue weighted by Gasteiger charge is 2.26. The Balaban J connectivity index is 1.80. The van der Waals surface area contributed by atoms with Crippen LogP contribution in [-0.4, -0.2) is 46.8 Å². The van der Waals surface area contributed by atoms with Crippen LogP contribution in [0.25, 0.3) is 0 Å². The number of carbonyl (C=O) groups is 1. The van der Waals surface area contributed by atoms with Crippen LogP contribution in [0.5, 0.6) is 0 Å². The van der Waals surface area contributed by atoms with Crippen molar-refractivity contribution in [1.29, 1.82) is 0 Å². The topological polar surface area (TPSA) is 110 Å². The van der Waals surface area contributed by atoms with Gasteiger partial charge in [-0.15, -0.1) is 0 Å².